The van der Waals surface area contributed by atoms with Crippen molar-refractivity contribution in [3.8, 4) is 0 Å². The largest absolute Gasteiger partial charge is 0.492 e. The lowest BCUT2D eigenvalue weighted by molar-refractivity contribution is -0.345. The van der Waals surface area contributed by atoms with E-state index in [1.807, 2.05) is 0 Å². The second kappa shape index (κ2) is 2.16. The highest BCUT2D eigenvalue weighted by molar-refractivity contribution is 4.94. The molecule has 0 fully saturated rings. The molecule has 0 atom stereocenters. The van der Waals surface area contributed by atoms with E-state index in [1.165, 1.54) is 13.0 Å². The van der Waals surface area contributed by atoms with Gasteiger partial charge >= 0.3 is 6.30 Å². The average molecular weight is 153 g/mol. The van der Waals surface area contributed by atoms with E-state index in [-0.39, 0.29) is 17.4 Å². The summed E-state index contributed by atoms with van der Waals surface area (Å²) >= 11 is 0. The van der Waals surface area contributed by atoms with Crippen LogP contribution in [0.15, 0.2) is 11.8 Å². The van der Waals surface area contributed by atoms with Gasteiger partial charge in [0.05, 0.1) is 6.54 Å². The lowest BCUT2D eigenvalue weighted by atomic mass is 10.5. The van der Waals surface area contributed by atoms with E-state index in [0.29, 0.717) is 0 Å². The normalized spacial score (nSPS) is 20.6. The minimum atomic E-state index is -4.38. The summed E-state index contributed by atoms with van der Waals surface area (Å²) in [7, 11) is 0. The van der Waals surface area contributed by atoms with Crippen molar-refractivity contribution in [2.24, 2.45) is 0 Å². The first-order valence-electron chi connectivity index (χ1n) is 2.69. The van der Waals surface area contributed by atoms with Gasteiger partial charge in [0.25, 0.3) is 0 Å². The Kier molecular flexibility index (Phi) is 1.60. The van der Waals surface area contributed by atoms with Crippen molar-refractivity contribution >= 4 is 0 Å². The predicted octanol–water partition coefficient (Wildman–Crippen LogP) is 1.66. The van der Waals surface area contributed by atoms with E-state index in [4.69, 9.17) is 0 Å². The van der Waals surface area contributed by atoms with E-state index < -0.39 is 6.30 Å². The molecule has 0 spiro atoms. The number of allylic oxidation sites excluding steroid dienone is 1. The van der Waals surface area contributed by atoms with Crippen LogP contribution in [-0.4, -0.2) is 17.9 Å². The van der Waals surface area contributed by atoms with Crippen molar-refractivity contribution in [3.63, 3.8) is 0 Å². The van der Waals surface area contributed by atoms with Crippen LogP contribution in [-0.2, 0) is 4.84 Å². The number of hydrogen-bond donors (Lipinski definition) is 0. The fourth-order valence-electron chi connectivity index (χ4n) is 0.615. The zero-order valence-corrected chi connectivity index (χ0v) is 5.27. The van der Waals surface area contributed by atoms with Gasteiger partial charge in [-0.05, 0) is 18.1 Å². The summed E-state index contributed by atoms with van der Waals surface area (Å²) in [6.07, 6.45) is -3.01. The minimum absolute atomic E-state index is 0.0255. The van der Waals surface area contributed by atoms with Crippen molar-refractivity contribution in [2.45, 2.75) is 13.2 Å². The van der Waals surface area contributed by atoms with Crippen molar-refractivity contribution in [1.29, 1.82) is 0 Å². The molecule has 1 aliphatic heterocycles. The minimum Gasteiger partial charge on any atom is -0.403 e. The van der Waals surface area contributed by atoms with Crippen LogP contribution in [0.3, 0.4) is 0 Å². The van der Waals surface area contributed by atoms with E-state index in [1.54, 1.807) is 0 Å². The van der Waals surface area contributed by atoms with Gasteiger partial charge in [-0.15, -0.1) is 0 Å². The summed E-state index contributed by atoms with van der Waals surface area (Å²) in [5.74, 6) is 0.289. The van der Waals surface area contributed by atoms with Crippen LogP contribution in [0.5, 0.6) is 0 Å². The Morgan fingerprint density at radius 3 is 2.40 bits per heavy atom. The number of hydrogen-bond acceptors (Lipinski definition) is 2. The first-order valence-corrected chi connectivity index (χ1v) is 2.69. The molecule has 0 saturated carbocycles. The topological polar surface area (TPSA) is 12.5 Å². The summed E-state index contributed by atoms with van der Waals surface area (Å²) in [6, 6.07) is 0. The molecule has 0 saturated heterocycles. The summed E-state index contributed by atoms with van der Waals surface area (Å²) in [5.41, 5.74) is 0. The van der Waals surface area contributed by atoms with Crippen molar-refractivity contribution < 1.29 is 18.0 Å². The molecule has 0 N–H and O–H groups in total. The van der Waals surface area contributed by atoms with Crippen molar-refractivity contribution in [1.82, 2.24) is 5.06 Å². The summed E-state index contributed by atoms with van der Waals surface area (Å²) in [6.45, 7) is 1.26. The van der Waals surface area contributed by atoms with Crippen molar-refractivity contribution in [3.05, 3.63) is 11.8 Å². The number of rotatable bonds is 0. The standard InChI is InChI=1S/C5H6F3NO/c1-4-2-3-9(10-4)5(6,7)8/h2H,3H2,1H3. The third-order valence-corrected chi connectivity index (χ3v) is 1.08. The van der Waals surface area contributed by atoms with Gasteiger partial charge < -0.3 is 4.84 Å². The van der Waals surface area contributed by atoms with Crippen LogP contribution in [0, 0.1) is 0 Å². The molecule has 1 heterocycles. The molecule has 0 aromatic heterocycles. The van der Waals surface area contributed by atoms with Gasteiger partial charge in [0.1, 0.15) is 5.76 Å². The molecule has 0 bridgehead atoms. The fourth-order valence-corrected chi connectivity index (χ4v) is 0.615. The van der Waals surface area contributed by atoms with Crippen LogP contribution in [0.2, 0.25) is 0 Å². The van der Waals surface area contributed by atoms with Gasteiger partial charge in [-0.3, -0.25) is 0 Å². The number of nitrogens with zero attached hydrogens (tertiary/aromatic N) is 1. The molecule has 5 heteroatoms. The monoisotopic (exact) mass is 153 g/mol. The lowest BCUT2D eigenvalue weighted by Gasteiger charge is -2.17. The smallest absolute Gasteiger partial charge is 0.403 e. The average Bonchev–Trinajstić information content (AvgIpc) is 2.11. The third kappa shape index (κ3) is 1.41. The maximum atomic E-state index is 11.7. The van der Waals surface area contributed by atoms with Gasteiger partial charge in [0.2, 0.25) is 0 Å². The molecule has 10 heavy (non-hydrogen) atoms. The molecule has 2 nitrogen and oxygen atoms in total. The quantitative estimate of drug-likeness (QED) is 0.490. The Morgan fingerprint density at radius 2 is 2.20 bits per heavy atom. The summed E-state index contributed by atoms with van der Waals surface area (Å²) < 4.78 is 35.1. The Hall–Kier alpha value is -0.710. The van der Waals surface area contributed by atoms with Gasteiger partial charge in [-0.1, -0.05) is 0 Å². The van der Waals surface area contributed by atoms with Gasteiger partial charge in [0, 0.05) is 0 Å². The lowest BCUT2D eigenvalue weighted by Crippen LogP contribution is -2.34. The molecule has 0 amide bonds. The summed E-state index contributed by atoms with van der Waals surface area (Å²) in [5, 5.41) is -0.0255. The van der Waals surface area contributed by atoms with Crippen LogP contribution in [0.25, 0.3) is 0 Å². The second-order valence-electron chi connectivity index (χ2n) is 1.93. The Labute approximate surface area is 55.8 Å². The van der Waals surface area contributed by atoms with Gasteiger partial charge in [-0.2, -0.15) is 13.2 Å². The van der Waals surface area contributed by atoms with Gasteiger partial charge in [0.15, 0.2) is 0 Å². The maximum absolute atomic E-state index is 11.7. The zero-order chi connectivity index (χ0) is 7.78. The number of halogens is 3. The SMILES string of the molecule is CC1=CCN(C(F)(F)F)O1. The Balaban J connectivity index is 2.50. The van der Waals surface area contributed by atoms with Crippen molar-refractivity contribution in [2.75, 3.05) is 6.54 Å². The van der Waals surface area contributed by atoms with E-state index in [9.17, 15) is 13.2 Å². The molecule has 0 aromatic carbocycles. The molecule has 0 aromatic rings. The first-order chi connectivity index (χ1) is 4.50. The predicted molar refractivity (Wildman–Crippen MR) is 27.6 cm³/mol. The molecular formula is C5H6F3NO. The summed E-state index contributed by atoms with van der Waals surface area (Å²) in [4.78, 5) is 4.30. The molecule has 0 unspecified atom stereocenters. The van der Waals surface area contributed by atoms with Gasteiger partial charge in [-0.25, -0.2) is 0 Å². The highest BCUT2D eigenvalue weighted by atomic mass is 19.4. The number of alkyl halides is 3. The second-order valence-corrected chi connectivity index (χ2v) is 1.93. The van der Waals surface area contributed by atoms with E-state index in [2.05, 4.69) is 4.84 Å². The Morgan fingerprint density at radius 1 is 1.60 bits per heavy atom. The van der Waals surface area contributed by atoms with Crippen LogP contribution in [0.4, 0.5) is 13.2 Å². The van der Waals surface area contributed by atoms with E-state index in [0.717, 1.165) is 0 Å². The molecular weight excluding hydrogens is 147 g/mol. The molecule has 1 rings (SSSR count). The maximum Gasteiger partial charge on any atom is 0.492 e. The van der Waals surface area contributed by atoms with Crippen LogP contribution >= 0.6 is 0 Å². The third-order valence-electron chi connectivity index (χ3n) is 1.08. The Bertz CT molecular complexity index is 163. The van der Waals surface area contributed by atoms with E-state index >= 15 is 0 Å². The molecule has 0 aliphatic carbocycles. The first kappa shape index (κ1) is 7.40. The molecule has 58 valence electrons. The zero-order valence-electron chi connectivity index (χ0n) is 5.27. The molecule has 0 radical (unpaired) electrons. The fraction of sp³-hybridized carbons (Fsp3) is 0.600. The van der Waals surface area contributed by atoms with Crippen LogP contribution in [0.1, 0.15) is 6.92 Å². The number of hydroxylamine groups is 2. The highest BCUT2D eigenvalue weighted by Gasteiger charge is 2.41. The van der Waals surface area contributed by atoms with Crippen LogP contribution < -0.4 is 0 Å². The molecule has 1 aliphatic rings. The highest BCUT2D eigenvalue weighted by Crippen LogP contribution is 2.26.